The number of hydrogen-bond acceptors (Lipinski definition) is 5. The molecule has 0 amide bonds. The first-order valence-corrected chi connectivity index (χ1v) is 7.58. The van der Waals surface area contributed by atoms with Crippen LogP contribution in [0.5, 0.6) is 23.0 Å². The summed E-state index contributed by atoms with van der Waals surface area (Å²) in [5.74, 6) is 2.76. The minimum absolute atomic E-state index is 0. The van der Waals surface area contributed by atoms with Gasteiger partial charge in [-0.05, 0) is 35.4 Å². The van der Waals surface area contributed by atoms with Crippen molar-refractivity contribution in [2.24, 2.45) is 0 Å². The SMILES string of the molecule is COc1cc(CNCc2ccc3c(c2)OCO3)cc(Cl)c1OC.[Cl-]. The number of rotatable bonds is 6. The molecular formula is C17H18Cl2NO4-. The normalized spacial score (nSPS) is 11.8. The quantitative estimate of drug-likeness (QED) is 0.796. The zero-order chi connectivity index (χ0) is 16.2. The fourth-order valence-electron chi connectivity index (χ4n) is 2.48. The fourth-order valence-corrected chi connectivity index (χ4v) is 2.79. The first-order valence-electron chi connectivity index (χ1n) is 7.21. The molecule has 1 N–H and O–H groups in total. The van der Waals surface area contributed by atoms with Crippen LogP contribution in [0, 0.1) is 0 Å². The van der Waals surface area contributed by atoms with E-state index in [4.69, 9.17) is 30.5 Å². The molecule has 0 saturated carbocycles. The number of nitrogens with one attached hydrogen (secondary N) is 1. The lowest BCUT2D eigenvalue weighted by molar-refractivity contribution is -0.00000667. The van der Waals surface area contributed by atoms with Gasteiger partial charge >= 0.3 is 0 Å². The third kappa shape index (κ3) is 3.98. The Hall–Kier alpha value is -1.82. The highest BCUT2D eigenvalue weighted by Crippen LogP contribution is 2.36. The van der Waals surface area contributed by atoms with Gasteiger partial charge in [0.1, 0.15) is 0 Å². The zero-order valence-corrected chi connectivity index (χ0v) is 14.9. The van der Waals surface area contributed by atoms with Gasteiger partial charge in [0.2, 0.25) is 6.79 Å². The Balaban J connectivity index is 0.00000208. The molecule has 1 aliphatic rings. The number of hydrogen-bond donors (Lipinski definition) is 1. The first-order chi connectivity index (χ1) is 11.2. The van der Waals surface area contributed by atoms with E-state index in [1.54, 1.807) is 14.2 Å². The van der Waals surface area contributed by atoms with Crippen LogP contribution in [-0.4, -0.2) is 21.0 Å². The van der Waals surface area contributed by atoms with Crippen LogP contribution in [0.25, 0.3) is 0 Å². The van der Waals surface area contributed by atoms with Crippen LogP contribution in [0.3, 0.4) is 0 Å². The van der Waals surface area contributed by atoms with Crippen LogP contribution in [0.4, 0.5) is 0 Å². The molecule has 0 fully saturated rings. The molecule has 0 unspecified atom stereocenters. The number of fused-ring (bicyclic) bond motifs is 1. The molecular weight excluding hydrogens is 353 g/mol. The van der Waals surface area contributed by atoms with Crippen LogP contribution in [-0.2, 0) is 13.1 Å². The average molecular weight is 371 g/mol. The molecule has 2 aromatic carbocycles. The van der Waals surface area contributed by atoms with E-state index in [1.165, 1.54) is 0 Å². The lowest BCUT2D eigenvalue weighted by Crippen LogP contribution is -3.00. The molecule has 0 atom stereocenters. The predicted molar refractivity (Wildman–Crippen MR) is 87.7 cm³/mol. The molecule has 2 aromatic rings. The third-order valence-corrected chi connectivity index (χ3v) is 3.87. The highest BCUT2D eigenvalue weighted by Gasteiger charge is 2.13. The molecule has 7 heteroatoms. The molecule has 0 aliphatic carbocycles. The van der Waals surface area contributed by atoms with Crippen molar-refractivity contribution in [3.63, 3.8) is 0 Å². The number of halogens is 2. The van der Waals surface area contributed by atoms with Crippen LogP contribution in [0.2, 0.25) is 5.02 Å². The van der Waals surface area contributed by atoms with Gasteiger partial charge < -0.3 is 36.7 Å². The maximum absolute atomic E-state index is 6.21. The highest BCUT2D eigenvalue weighted by atomic mass is 35.5. The molecule has 3 rings (SSSR count). The maximum Gasteiger partial charge on any atom is 0.231 e. The summed E-state index contributed by atoms with van der Waals surface area (Å²) in [5, 5.41) is 3.91. The third-order valence-electron chi connectivity index (χ3n) is 3.59. The smallest absolute Gasteiger partial charge is 0.231 e. The first kappa shape index (κ1) is 18.5. The number of methoxy groups -OCH3 is 2. The van der Waals surface area contributed by atoms with E-state index in [1.807, 2.05) is 30.3 Å². The molecule has 130 valence electrons. The second-order valence-electron chi connectivity index (χ2n) is 5.10. The lowest BCUT2D eigenvalue weighted by Gasteiger charge is -2.12. The van der Waals surface area contributed by atoms with E-state index in [0.29, 0.717) is 29.6 Å². The standard InChI is InChI=1S/C17H18ClNO4.ClH/c1-20-16-7-12(5-13(18)17(16)21-2)9-19-8-11-3-4-14-15(6-11)23-10-22-14;/h3-7,19H,8-10H2,1-2H3;1H/p-1. The molecule has 1 aliphatic heterocycles. The van der Waals surface area contributed by atoms with Crippen LogP contribution < -0.4 is 36.7 Å². The molecule has 0 saturated heterocycles. The maximum atomic E-state index is 6.21. The zero-order valence-electron chi connectivity index (χ0n) is 13.4. The Bertz CT molecular complexity index is 709. The van der Waals surface area contributed by atoms with Crippen LogP contribution >= 0.6 is 11.6 Å². The summed E-state index contributed by atoms with van der Waals surface area (Å²) < 4.78 is 21.2. The van der Waals surface area contributed by atoms with E-state index < -0.39 is 0 Å². The van der Waals surface area contributed by atoms with E-state index in [0.717, 1.165) is 22.6 Å². The summed E-state index contributed by atoms with van der Waals surface area (Å²) in [6.07, 6.45) is 0. The topological polar surface area (TPSA) is 49.0 Å². The van der Waals surface area contributed by atoms with Gasteiger partial charge in [0, 0.05) is 13.1 Å². The van der Waals surface area contributed by atoms with Crippen molar-refractivity contribution in [2.75, 3.05) is 21.0 Å². The minimum Gasteiger partial charge on any atom is -1.00 e. The van der Waals surface area contributed by atoms with E-state index in [2.05, 4.69) is 5.32 Å². The van der Waals surface area contributed by atoms with Crippen molar-refractivity contribution in [1.29, 1.82) is 0 Å². The Morgan fingerprint density at radius 2 is 1.75 bits per heavy atom. The average Bonchev–Trinajstić information content (AvgIpc) is 3.02. The molecule has 0 aromatic heterocycles. The summed E-state index contributed by atoms with van der Waals surface area (Å²) in [5.41, 5.74) is 2.15. The van der Waals surface area contributed by atoms with E-state index in [9.17, 15) is 0 Å². The Kier molecular flexibility index (Phi) is 6.43. The summed E-state index contributed by atoms with van der Waals surface area (Å²) in [6, 6.07) is 9.71. The number of ether oxygens (including phenoxy) is 4. The minimum atomic E-state index is 0. The summed E-state index contributed by atoms with van der Waals surface area (Å²) in [7, 11) is 3.17. The van der Waals surface area contributed by atoms with Crippen molar-refractivity contribution in [1.82, 2.24) is 5.32 Å². The molecule has 1 heterocycles. The van der Waals surface area contributed by atoms with Crippen LogP contribution in [0.1, 0.15) is 11.1 Å². The summed E-state index contributed by atoms with van der Waals surface area (Å²) in [4.78, 5) is 0. The van der Waals surface area contributed by atoms with Gasteiger partial charge in [-0.2, -0.15) is 0 Å². The van der Waals surface area contributed by atoms with Gasteiger partial charge in [-0.15, -0.1) is 0 Å². The Morgan fingerprint density at radius 3 is 2.50 bits per heavy atom. The molecule has 5 nitrogen and oxygen atoms in total. The van der Waals surface area contributed by atoms with Crippen molar-refractivity contribution in [3.05, 3.63) is 46.5 Å². The second-order valence-corrected chi connectivity index (χ2v) is 5.51. The van der Waals surface area contributed by atoms with Gasteiger partial charge in [-0.1, -0.05) is 17.7 Å². The predicted octanol–water partition coefficient (Wildman–Crippen LogP) is 0.380. The Morgan fingerprint density at radius 1 is 1.00 bits per heavy atom. The largest absolute Gasteiger partial charge is 1.00 e. The van der Waals surface area contributed by atoms with Gasteiger partial charge in [0.05, 0.1) is 19.2 Å². The van der Waals surface area contributed by atoms with Gasteiger partial charge in [0.15, 0.2) is 23.0 Å². The molecule has 0 bridgehead atoms. The fraction of sp³-hybridized carbons (Fsp3) is 0.294. The van der Waals surface area contributed by atoms with E-state index >= 15 is 0 Å². The second kappa shape index (κ2) is 8.33. The van der Waals surface area contributed by atoms with Crippen molar-refractivity contribution >= 4 is 11.6 Å². The lowest BCUT2D eigenvalue weighted by atomic mass is 10.1. The van der Waals surface area contributed by atoms with Gasteiger partial charge in [0.25, 0.3) is 0 Å². The van der Waals surface area contributed by atoms with Crippen LogP contribution in [0.15, 0.2) is 30.3 Å². The summed E-state index contributed by atoms with van der Waals surface area (Å²) in [6.45, 7) is 1.66. The molecule has 24 heavy (non-hydrogen) atoms. The van der Waals surface area contributed by atoms with Gasteiger partial charge in [-0.3, -0.25) is 0 Å². The summed E-state index contributed by atoms with van der Waals surface area (Å²) >= 11 is 6.21. The van der Waals surface area contributed by atoms with Crippen molar-refractivity contribution in [2.45, 2.75) is 13.1 Å². The van der Waals surface area contributed by atoms with Crippen molar-refractivity contribution in [3.8, 4) is 23.0 Å². The Labute approximate surface area is 152 Å². The van der Waals surface area contributed by atoms with Crippen molar-refractivity contribution < 1.29 is 31.4 Å². The van der Waals surface area contributed by atoms with E-state index in [-0.39, 0.29) is 19.2 Å². The highest BCUT2D eigenvalue weighted by molar-refractivity contribution is 6.32. The molecule has 0 spiro atoms. The number of benzene rings is 2. The molecule has 0 radical (unpaired) electrons. The monoisotopic (exact) mass is 370 g/mol. The van der Waals surface area contributed by atoms with Gasteiger partial charge in [-0.25, -0.2) is 0 Å².